The SMILES string of the molecule is CC(C)(C)Nc1nc(-c2ccncc2)nc2ncccc12. The Kier molecular flexibility index (Phi) is 3.25. The molecule has 5 heteroatoms. The highest BCUT2D eigenvalue weighted by Crippen LogP contribution is 2.25. The third-order valence-electron chi connectivity index (χ3n) is 2.90. The van der Waals surface area contributed by atoms with Crippen molar-refractivity contribution in [2.45, 2.75) is 26.3 Å². The van der Waals surface area contributed by atoms with E-state index in [1.165, 1.54) is 0 Å². The number of hydrogen-bond donors (Lipinski definition) is 1. The number of aromatic nitrogens is 4. The Balaban J connectivity index is 2.20. The van der Waals surface area contributed by atoms with E-state index >= 15 is 0 Å². The standard InChI is InChI=1S/C16H17N5/c1-16(2,3)21-15-12-5-4-8-18-14(12)19-13(20-15)11-6-9-17-10-7-11/h4-10H,1-3H3,(H,18,19,20,21). The Labute approximate surface area is 123 Å². The lowest BCUT2D eigenvalue weighted by atomic mass is 10.1. The first kappa shape index (κ1) is 13.4. The lowest BCUT2D eigenvalue weighted by Crippen LogP contribution is -2.27. The maximum absolute atomic E-state index is 4.67. The zero-order chi connectivity index (χ0) is 14.9. The van der Waals surface area contributed by atoms with Crippen LogP contribution in [0.4, 0.5) is 5.82 Å². The van der Waals surface area contributed by atoms with Crippen LogP contribution in [0.3, 0.4) is 0 Å². The molecule has 21 heavy (non-hydrogen) atoms. The van der Waals surface area contributed by atoms with Gasteiger partial charge in [-0.3, -0.25) is 4.98 Å². The number of fused-ring (bicyclic) bond motifs is 1. The van der Waals surface area contributed by atoms with Crippen LogP contribution >= 0.6 is 0 Å². The third kappa shape index (κ3) is 2.97. The van der Waals surface area contributed by atoms with Gasteiger partial charge in [0.05, 0.1) is 5.39 Å². The predicted octanol–water partition coefficient (Wildman–Crippen LogP) is 3.30. The molecule has 0 aliphatic rings. The van der Waals surface area contributed by atoms with Gasteiger partial charge in [-0.1, -0.05) is 0 Å². The molecule has 0 aromatic carbocycles. The van der Waals surface area contributed by atoms with Gasteiger partial charge in [0.2, 0.25) is 0 Å². The van der Waals surface area contributed by atoms with Crippen molar-refractivity contribution in [1.29, 1.82) is 0 Å². The van der Waals surface area contributed by atoms with Gasteiger partial charge in [0.1, 0.15) is 5.82 Å². The maximum Gasteiger partial charge on any atom is 0.165 e. The summed E-state index contributed by atoms with van der Waals surface area (Å²) in [5.41, 5.74) is 1.52. The molecule has 106 valence electrons. The fraction of sp³-hybridized carbons (Fsp3) is 0.250. The lowest BCUT2D eigenvalue weighted by Gasteiger charge is -2.22. The molecule has 0 unspecified atom stereocenters. The van der Waals surface area contributed by atoms with Gasteiger partial charge in [-0.15, -0.1) is 0 Å². The summed E-state index contributed by atoms with van der Waals surface area (Å²) in [4.78, 5) is 17.6. The number of nitrogens with zero attached hydrogens (tertiary/aromatic N) is 4. The van der Waals surface area contributed by atoms with Gasteiger partial charge in [-0.25, -0.2) is 15.0 Å². The summed E-state index contributed by atoms with van der Waals surface area (Å²) in [6.07, 6.45) is 5.21. The van der Waals surface area contributed by atoms with E-state index in [1.807, 2.05) is 24.3 Å². The van der Waals surface area contributed by atoms with Crippen LogP contribution in [0.25, 0.3) is 22.4 Å². The van der Waals surface area contributed by atoms with E-state index in [2.05, 4.69) is 46.0 Å². The van der Waals surface area contributed by atoms with Crippen LogP contribution in [0.2, 0.25) is 0 Å². The van der Waals surface area contributed by atoms with Gasteiger partial charge in [0, 0.05) is 29.7 Å². The number of rotatable bonds is 2. The second-order valence-corrected chi connectivity index (χ2v) is 5.88. The highest BCUT2D eigenvalue weighted by atomic mass is 15.1. The minimum Gasteiger partial charge on any atom is -0.365 e. The van der Waals surface area contributed by atoms with Gasteiger partial charge in [-0.2, -0.15) is 0 Å². The van der Waals surface area contributed by atoms with Crippen molar-refractivity contribution in [2.24, 2.45) is 0 Å². The summed E-state index contributed by atoms with van der Waals surface area (Å²) >= 11 is 0. The fourth-order valence-corrected chi connectivity index (χ4v) is 2.04. The number of nitrogens with one attached hydrogen (secondary N) is 1. The summed E-state index contributed by atoms with van der Waals surface area (Å²) < 4.78 is 0. The fourth-order valence-electron chi connectivity index (χ4n) is 2.04. The second kappa shape index (κ2) is 5.09. The van der Waals surface area contributed by atoms with Crippen LogP contribution < -0.4 is 5.32 Å². The van der Waals surface area contributed by atoms with Gasteiger partial charge < -0.3 is 5.32 Å². The average Bonchev–Trinajstić information content (AvgIpc) is 2.46. The molecule has 0 aliphatic carbocycles. The molecule has 3 heterocycles. The van der Waals surface area contributed by atoms with Gasteiger partial charge in [0.25, 0.3) is 0 Å². The highest BCUT2D eigenvalue weighted by molar-refractivity contribution is 5.88. The van der Waals surface area contributed by atoms with Gasteiger partial charge >= 0.3 is 0 Å². The predicted molar refractivity (Wildman–Crippen MR) is 83.9 cm³/mol. The molecule has 0 bridgehead atoms. The Morgan fingerprint density at radius 2 is 1.71 bits per heavy atom. The molecule has 0 amide bonds. The molecule has 3 aromatic heterocycles. The summed E-state index contributed by atoms with van der Waals surface area (Å²) in [7, 11) is 0. The van der Waals surface area contributed by atoms with Gasteiger partial charge in [0.15, 0.2) is 11.5 Å². The summed E-state index contributed by atoms with van der Waals surface area (Å²) in [6, 6.07) is 7.66. The summed E-state index contributed by atoms with van der Waals surface area (Å²) in [5, 5.41) is 4.35. The smallest absolute Gasteiger partial charge is 0.165 e. The van der Waals surface area contributed by atoms with E-state index < -0.39 is 0 Å². The Bertz CT molecular complexity index is 762. The molecule has 0 aliphatic heterocycles. The van der Waals surface area contributed by atoms with Crippen LogP contribution in [-0.2, 0) is 0 Å². The number of pyridine rings is 2. The molecular formula is C16H17N5. The van der Waals surface area contributed by atoms with E-state index in [9.17, 15) is 0 Å². The molecule has 0 saturated heterocycles. The molecule has 0 spiro atoms. The monoisotopic (exact) mass is 279 g/mol. The van der Waals surface area contributed by atoms with Crippen molar-refractivity contribution < 1.29 is 0 Å². The first-order valence-electron chi connectivity index (χ1n) is 6.84. The Morgan fingerprint density at radius 3 is 2.43 bits per heavy atom. The van der Waals surface area contributed by atoms with E-state index in [1.54, 1.807) is 18.6 Å². The summed E-state index contributed by atoms with van der Waals surface area (Å²) in [5.74, 6) is 1.45. The van der Waals surface area contributed by atoms with E-state index in [4.69, 9.17) is 0 Å². The molecule has 3 aromatic rings. The minimum atomic E-state index is -0.0906. The van der Waals surface area contributed by atoms with Crippen molar-refractivity contribution in [2.75, 3.05) is 5.32 Å². The maximum atomic E-state index is 4.67. The zero-order valence-electron chi connectivity index (χ0n) is 12.3. The molecule has 1 N–H and O–H groups in total. The molecule has 0 fully saturated rings. The minimum absolute atomic E-state index is 0.0906. The molecule has 0 atom stereocenters. The van der Waals surface area contributed by atoms with Crippen molar-refractivity contribution in [3.63, 3.8) is 0 Å². The average molecular weight is 279 g/mol. The van der Waals surface area contributed by atoms with E-state index in [0.717, 1.165) is 16.8 Å². The number of hydrogen-bond acceptors (Lipinski definition) is 5. The van der Waals surface area contributed by atoms with Crippen molar-refractivity contribution in [3.05, 3.63) is 42.9 Å². The molecule has 0 radical (unpaired) electrons. The first-order chi connectivity index (χ1) is 10.0. The molecule has 5 nitrogen and oxygen atoms in total. The van der Waals surface area contributed by atoms with Crippen LogP contribution in [0.5, 0.6) is 0 Å². The molecule has 0 saturated carbocycles. The van der Waals surface area contributed by atoms with Crippen LogP contribution in [0.1, 0.15) is 20.8 Å². The van der Waals surface area contributed by atoms with Crippen molar-refractivity contribution >= 4 is 16.9 Å². The van der Waals surface area contributed by atoms with Crippen molar-refractivity contribution in [1.82, 2.24) is 19.9 Å². The van der Waals surface area contributed by atoms with Crippen LogP contribution in [0.15, 0.2) is 42.9 Å². The molecule has 3 rings (SSSR count). The zero-order valence-corrected chi connectivity index (χ0v) is 12.3. The second-order valence-electron chi connectivity index (χ2n) is 5.88. The first-order valence-corrected chi connectivity index (χ1v) is 6.84. The van der Waals surface area contributed by atoms with Crippen molar-refractivity contribution in [3.8, 4) is 11.4 Å². The van der Waals surface area contributed by atoms with Crippen LogP contribution in [-0.4, -0.2) is 25.5 Å². The van der Waals surface area contributed by atoms with E-state index in [-0.39, 0.29) is 5.54 Å². The highest BCUT2D eigenvalue weighted by Gasteiger charge is 2.15. The Morgan fingerprint density at radius 1 is 0.952 bits per heavy atom. The van der Waals surface area contributed by atoms with Gasteiger partial charge in [-0.05, 0) is 45.0 Å². The number of anilines is 1. The quantitative estimate of drug-likeness (QED) is 0.779. The van der Waals surface area contributed by atoms with Crippen LogP contribution in [0, 0.1) is 0 Å². The van der Waals surface area contributed by atoms with E-state index in [0.29, 0.717) is 11.5 Å². The largest absolute Gasteiger partial charge is 0.365 e. The third-order valence-corrected chi connectivity index (χ3v) is 2.90. The topological polar surface area (TPSA) is 63.6 Å². The summed E-state index contributed by atoms with van der Waals surface area (Å²) in [6.45, 7) is 6.30. The normalized spacial score (nSPS) is 11.6. The molecular weight excluding hydrogens is 262 g/mol. The lowest BCUT2D eigenvalue weighted by molar-refractivity contribution is 0.631. The Hall–Kier alpha value is -2.56.